The van der Waals surface area contributed by atoms with Crippen LogP contribution in [-0.4, -0.2) is 249 Å². The maximum absolute atomic E-state index is 13.7. The van der Waals surface area contributed by atoms with Crippen LogP contribution >= 0.6 is 23.6 Å². The first-order valence-electron chi connectivity index (χ1n) is 33.5. The Bertz CT molecular complexity index is 3550. The number of hydrogen-bond acceptors (Lipinski definition) is 23. The first-order chi connectivity index (χ1) is 48.7. The van der Waals surface area contributed by atoms with E-state index < -0.39 is 89.9 Å². The lowest BCUT2D eigenvalue weighted by Gasteiger charge is -2.33. The van der Waals surface area contributed by atoms with Crippen LogP contribution in [0.3, 0.4) is 0 Å². The van der Waals surface area contributed by atoms with E-state index in [2.05, 4.69) is 47.1 Å². The molecule has 3 aromatic carbocycles. The van der Waals surface area contributed by atoms with Crippen molar-refractivity contribution in [1.82, 2.24) is 61.2 Å². The Labute approximate surface area is 598 Å². The number of rotatable bonds is 45. The number of carbonyl (C=O) groups excluding carboxylic acids is 5. The van der Waals surface area contributed by atoms with Crippen molar-refractivity contribution in [3.8, 4) is 11.5 Å². The zero-order chi connectivity index (χ0) is 74.1. The number of anilines is 1. The molecule has 1 fully saturated rings. The molecule has 0 saturated carbocycles. The van der Waals surface area contributed by atoms with E-state index in [1.807, 2.05) is 31.2 Å². The monoisotopic (exact) mass is 1460 g/mol. The predicted octanol–water partition coefficient (Wildman–Crippen LogP) is 2.80. The molecule has 5 amide bonds. The highest BCUT2D eigenvalue weighted by atomic mass is 32.1. The zero-order valence-corrected chi connectivity index (χ0v) is 58.7. The first kappa shape index (κ1) is 81.5. The van der Waals surface area contributed by atoms with Crippen LogP contribution in [0.15, 0.2) is 79.0 Å². The van der Waals surface area contributed by atoms with Crippen LogP contribution in [0.2, 0.25) is 0 Å². The molecule has 3 heterocycles. The molecule has 12 N–H and O–H groups in total. The van der Waals surface area contributed by atoms with Crippen molar-refractivity contribution in [3.05, 3.63) is 112 Å². The number of ether oxygens (including phenoxy) is 2. The molecular weight excluding hydrogens is 1370 g/mol. The third-order valence-corrected chi connectivity index (χ3v) is 18.0. The number of unbranched alkanes of at least 4 members (excludes halogenated alkanes) is 1. The van der Waals surface area contributed by atoms with Crippen molar-refractivity contribution in [2.75, 3.05) is 90.6 Å². The Morgan fingerprint density at radius 2 is 1.19 bits per heavy atom. The van der Waals surface area contributed by atoms with Gasteiger partial charge in [-0.2, -0.15) is 0 Å². The van der Waals surface area contributed by atoms with E-state index in [0.29, 0.717) is 106 Å². The number of aryl methyl sites for hydroxylation is 3. The topological polar surface area (TPSA) is 457 Å². The molecular formula is C68H91N13O19S2. The second kappa shape index (κ2) is 42.1. The van der Waals surface area contributed by atoms with Gasteiger partial charge in [-0.3, -0.25) is 57.7 Å². The molecule has 0 spiro atoms. The number of nitrogens with one attached hydrogen (secondary N) is 5. The van der Waals surface area contributed by atoms with Crippen LogP contribution in [0.5, 0.6) is 11.5 Å². The largest absolute Gasteiger partial charge is 0.508 e. The lowest BCUT2D eigenvalue weighted by molar-refractivity contribution is -0.145. The van der Waals surface area contributed by atoms with Crippen molar-refractivity contribution in [2.45, 2.75) is 140 Å². The molecule has 1 saturated heterocycles. The van der Waals surface area contributed by atoms with Gasteiger partial charge in [-0.25, -0.2) is 9.59 Å². The fourth-order valence-electron chi connectivity index (χ4n) is 11.5. The number of benzene rings is 3. The number of aliphatic carboxylic acids is 5. The van der Waals surface area contributed by atoms with E-state index in [-0.39, 0.29) is 108 Å². The molecule has 1 aliphatic rings. The molecule has 4 atom stereocenters. The fraction of sp³-hybridized carbons (Fsp3) is 0.515. The van der Waals surface area contributed by atoms with E-state index in [1.165, 1.54) is 35.6 Å². The van der Waals surface area contributed by atoms with Gasteiger partial charge in [-0.05, 0) is 116 Å². The first-order valence-corrected chi connectivity index (χ1v) is 34.7. The summed E-state index contributed by atoms with van der Waals surface area (Å²) in [6.45, 7) is 5.50. The number of hydrogen-bond donors (Lipinski definition) is 12. The van der Waals surface area contributed by atoms with Crippen LogP contribution in [0.4, 0.5) is 5.13 Å². The second-order valence-corrected chi connectivity index (χ2v) is 26.8. The van der Waals surface area contributed by atoms with Gasteiger partial charge in [0.1, 0.15) is 34.6 Å². The number of carbonyl (C=O) groups is 10. The Morgan fingerprint density at radius 3 is 1.78 bits per heavy atom. The quantitative estimate of drug-likeness (QED) is 0.0197. The summed E-state index contributed by atoms with van der Waals surface area (Å²) >= 11 is 6.96. The third-order valence-electron chi connectivity index (χ3n) is 16.9. The Hall–Kier alpha value is -9.45. The molecule has 1 aliphatic heterocycles. The summed E-state index contributed by atoms with van der Waals surface area (Å²) in [5.74, 6) is -9.96. The van der Waals surface area contributed by atoms with Gasteiger partial charge in [0, 0.05) is 89.3 Å². The van der Waals surface area contributed by atoms with Crippen LogP contribution in [0, 0.1) is 6.92 Å². The Kier molecular flexibility index (Phi) is 33.6. The molecule has 0 aliphatic carbocycles. The molecule has 6 rings (SSSR count). The van der Waals surface area contributed by atoms with Crippen molar-refractivity contribution in [3.63, 3.8) is 0 Å². The van der Waals surface area contributed by atoms with Gasteiger partial charge < -0.3 is 71.8 Å². The van der Waals surface area contributed by atoms with Gasteiger partial charge in [0.25, 0.3) is 0 Å². The van der Waals surface area contributed by atoms with Gasteiger partial charge in [-0.1, -0.05) is 84.2 Å². The van der Waals surface area contributed by atoms with E-state index >= 15 is 0 Å². The summed E-state index contributed by atoms with van der Waals surface area (Å²) in [6.07, 6.45) is 4.11. The standard InChI is InChI=1S/C68H91N13O19S2/c1-44-74-76-67(102-44)73-57(84)10-5-7-49-39-81(77-75-49)26-4-3-9-54(70-59(86)38-56(66(97)98)72-60(87)37-55(65(95)96)71-58(85)23-24-68(2,47-15-19-51(82)20-16-47)48-17-21-52(83)22-18-48)64(94)69-25-32-100-34-33-99-31-6-8-53(101)36-46-13-11-45(12-14-46)35-50-40-79(42-62(90)91)28-27-78(41-61(88)89)29-30-80(50)43-63(92)93/h11-22,39,50,54-56,82-83H,3-10,23-38,40-43H2,1-2H3,(H,69,94)(H,70,86)(H,71,85)(H,72,87)(H,88,89)(H,90,91)(H,92,93)(H,95,96)(H,97,98)(H,73,76,84)/t50?,54-,55-,56-/m0/s1. The number of aromatic hydroxyl groups is 2. The maximum Gasteiger partial charge on any atom is 0.326 e. The molecule has 34 heteroatoms. The highest BCUT2D eigenvalue weighted by Gasteiger charge is 2.34. The van der Waals surface area contributed by atoms with E-state index in [1.54, 1.807) is 56.8 Å². The minimum atomic E-state index is -1.88. The smallest absolute Gasteiger partial charge is 0.326 e. The number of phenols is 2. The lowest BCUT2D eigenvalue weighted by atomic mass is 9.73. The van der Waals surface area contributed by atoms with Crippen molar-refractivity contribution in [2.24, 2.45) is 0 Å². The molecule has 5 aromatic rings. The van der Waals surface area contributed by atoms with E-state index in [4.69, 9.17) is 21.7 Å². The zero-order valence-electron chi connectivity index (χ0n) is 57.0. The van der Waals surface area contributed by atoms with Gasteiger partial charge in [-0.15, -0.1) is 15.3 Å². The van der Waals surface area contributed by atoms with Crippen LogP contribution in [0.1, 0.15) is 111 Å². The molecule has 554 valence electrons. The fourth-order valence-corrected chi connectivity index (χ4v) is 12.4. The van der Waals surface area contributed by atoms with Crippen LogP contribution in [-0.2, 0) is 88.6 Å². The molecule has 0 radical (unpaired) electrons. The summed E-state index contributed by atoms with van der Waals surface area (Å²) in [5.41, 5.74) is 3.06. The maximum atomic E-state index is 13.7. The SMILES string of the molecule is Cc1nnc(NC(=O)CCCc2cn(CCCC[C@H](NC(=O)C[C@H](NC(=O)C[C@H](NC(=O)CCC(C)(c3ccc(O)cc3)c3ccc(O)cc3)C(=O)O)C(=O)O)C(=O)NCCOCCOCCCC(=S)Cc3ccc(CC4CN(CC(=O)O)CCN(CC(=O)O)CCN4CC(=O)O)cc3)nn2)s1. The molecule has 2 aromatic heterocycles. The predicted molar refractivity (Wildman–Crippen MR) is 374 cm³/mol. The number of carboxylic acids is 5. The number of carboxylic acid groups (broad SMARTS) is 5. The summed E-state index contributed by atoms with van der Waals surface area (Å²) in [6, 6.07) is 15.1. The number of thiocarbonyl (C=S) groups is 1. The number of amides is 5. The normalized spacial score (nSPS) is 14.7. The molecule has 102 heavy (non-hydrogen) atoms. The average Bonchev–Trinajstić information content (AvgIpc) is 0.987. The average molecular weight is 1460 g/mol. The van der Waals surface area contributed by atoms with Gasteiger partial charge in [0.15, 0.2) is 0 Å². The Balaban J connectivity index is 0.949. The van der Waals surface area contributed by atoms with Crippen molar-refractivity contribution < 1.29 is 93.2 Å². The minimum Gasteiger partial charge on any atom is -0.508 e. The second-order valence-electron chi connectivity index (χ2n) is 25.0. The Morgan fingerprint density at radius 1 is 0.618 bits per heavy atom. The summed E-state index contributed by atoms with van der Waals surface area (Å²) in [5, 5.41) is 98.7. The third kappa shape index (κ3) is 29.6. The van der Waals surface area contributed by atoms with Crippen LogP contribution in [0.25, 0.3) is 0 Å². The van der Waals surface area contributed by atoms with Crippen molar-refractivity contribution >= 4 is 92.9 Å². The van der Waals surface area contributed by atoms with Gasteiger partial charge in [0.2, 0.25) is 34.7 Å². The molecule has 0 bridgehead atoms. The number of phenolic OH excluding ortho intramolecular Hbond substituents is 2. The summed E-state index contributed by atoms with van der Waals surface area (Å²) in [7, 11) is 0. The highest BCUT2D eigenvalue weighted by molar-refractivity contribution is 7.80. The van der Waals surface area contributed by atoms with Gasteiger partial charge >= 0.3 is 29.8 Å². The number of nitrogens with zero attached hydrogens (tertiary/aromatic N) is 8. The van der Waals surface area contributed by atoms with E-state index in [0.717, 1.165) is 21.0 Å². The summed E-state index contributed by atoms with van der Waals surface area (Å²) in [4.78, 5) is 132. The molecule has 32 nitrogen and oxygen atoms in total. The molecule has 1 unspecified atom stereocenters. The summed E-state index contributed by atoms with van der Waals surface area (Å²) < 4.78 is 13.1. The number of aromatic nitrogens is 5. The van der Waals surface area contributed by atoms with Gasteiger partial charge in [0.05, 0.1) is 58.0 Å². The highest BCUT2D eigenvalue weighted by Crippen LogP contribution is 2.38. The lowest BCUT2D eigenvalue weighted by Crippen LogP contribution is -2.51. The minimum absolute atomic E-state index is 0.00838. The van der Waals surface area contributed by atoms with Crippen LogP contribution < -0.4 is 26.6 Å². The van der Waals surface area contributed by atoms with Crippen molar-refractivity contribution in [1.29, 1.82) is 0 Å². The van der Waals surface area contributed by atoms with E-state index in [9.17, 15) is 83.7 Å².